The summed E-state index contributed by atoms with van der Waals surface area (Å²) in [5.41, 5.74) is 0.574. The van der Waals surface area contributed by atoms with Crippen molar-refractivity contribution in [2.75, 3.05) is 0 Å². The zero-order chi connectivity index (χ0) is 23.0. The van der Waals surface area contributed by atoms with Gasteiger partial charge in [-0.05, 0) is 44.4 Å². The molecule has 1 aliphatic heterocycles. The molecule has 1 fully saturated rings. The molecule has 0 amide bonds. The van der Waals surface area contributed by atoms with E-state index in [0.717, 1.165) is 12.1 Å². The lowest BCUT2D eigenvalue weighted by molar-refractivity contribution is 0.278. The summed E-state index contributed by atoms with van der Waals surface area (Å²) in [6, 6.07) is 10.6. The average Bonchev–Trinajstić information content (AvgIpc) is 3.19. The summed E-state index contributed by atoms with van der Waals surface area (Å²) in [6.07, 6.45) is 1.07. The molecule has 0 saturated carbocycles. The molecule has 0 radical (unpaired) electrons. The number of H-pyrrole nitrogens is 1. The number of halogens is 2. The van der Waals surface area contributed by atoms with Crippen LogP contribution in [-0.4, -0.2) is 29.0 Å². The van der Waals surface area contributed by atoms with Crippen LogP contribution in [0.2, 0.25) is 0 Å². The number of hydrogen-bond donors (Lipinski definition) is 1. The lowest BCUT2D eigenvalue weighted by Gasteiger charge is -2.37. The van der Waals surface area contributed by atoms with Gasteiger partial charge in [0.15, 0.2) is 0 Å². The first kappa shape index (κ1) is 22.3. The normalized spacial score (nSPS) is 22.0. The number of aromatic amines is 1. The first-order chi connectivity index (χ1) is 15.2. The predicted octanol–water partition coefficient (Wildman–Crippen LogP) is 3.85. The van der Waals surface area contributed by atoms with Crippen molar-refractivity contribution < 1.29 is 21.6 Å². The van der Waals surface area contributed by atoms with Gasteiger partial charge in [-0.15, -0.1) is 5.10 Å². The largest absolute Gasteiger partial charge is 0.434 e. The number of nitrogens with one attached hydrogen (secondary N) is 1. The van der Waals surface area contributed by atoms with E-state index in [0.29, 0.717) is 18.4 Å². The number of hydrogen-bond acceptors (Lipinski definition) is 5. The van der Waals surface area contributed by atoms with Gasteiger partial charge >= 0.3 is 5.76 Å². The lowest BCUT2D eigenvalue weighted by atomic mass is 9.98. The van der Waals surface area contributed by atoms with E-state index in [-0.39, 0.29) is 29.6 Å². The van der Waals surface area contributed by atoms with Gasteiger partial charge in [-0.3, -0.25) is 0 Å². The molecule has 1 N–H and O–H groups in total. The Kier molecular flexibility index (Phi) is 6.00. The van der Waals surface area contributed by atoms with Gasteiger partial charge in [-0.1, -0.05) is 30.3 Å². The molecule has 1 saturated heterocycles. The van der Waals surface area contributed by atoms with E-state index in [1.807, 2.05) is 6.07 Å². The summed E-state index contributed by atoms with van der Waals surface area (Å²) in [5.74, 6) is -3.14. The molecule has 2 heterocycles. The van der Waals surface area contributed by atoms with Gasteiger partial charge in [-0.25, -0.2) is 27.1 Å². The summed E-state index contributed by atoms with van der Waals surface area (Å²) < 4.78 is 62.6. The first-order valence-corrected chi connectivity index (χ1v) is 11.8. The smallest absolute Gasteiger partial charge is 0.392 e. The first-order valence-electron chi connectivity index (χ1n) is 10.3. The third kappa shape index (κ3) is 4.12. The number of aromatic nitrogens is 2. The van der Waals surface area contributed by atoms with Crippen LogP contribution in [0.15, 0.2) is 51.7 Å². The Labute approximate surface area is 184 Å². The minimum atomic E-state index is -3.78. The predicted molar refractivity (Wildman–Crippen MR) is 113 cm³/mol. The maximum Gasteiger partial charge on any atom is 0.434 e. The van der Waals surface area contributed by atoms with Crippen LogP contribution in [-0.2, 0) is 16.6 Å². The van der Waals surface area contributed by atoms with Crippen molar-refractivity contribution in [2.45, 2.75) is 50.4 Å². The molecule has 3 atom stereocenters. The van der Waals surface area contributed by atoms with Gasteiger partial charge in [0, 0.05) is 23.7 Å². The summed E-state index contributed by atoms with van der Waals surface area (Å²) in [7, 11) is -3.78. The third-order valence-corrected chi connectivity index (χ3v) is 8.35. The van der Waals surface area contributed by atoms with E-state index in [1.165, 1.54) is 11.2 Å². The van der Waals surface area contributed by atoms with Crippen LogP contribution < -0.4 is 5.76 Å². The molecule has 7 nitrogen and oxygen atoms in total. The zero-order valence-corrected chi connectivity index (χ0v) is 18.4. The number of sulfonamides is 1. The SMILES string of the molecule is C[C@H](c1n[nH]c(=O)o1)c1cc(F)c(CN2[C@@H](C)CC[C@H](c3ccccc3)S2(=O)=O)cc1F. The van der Waals surface area contributed by atoms with Crippen molar-refractivity contribution in [1.82, 2.24) is 14.5 Å². The number of nitrogens with zero attached hydrogens (tertiary/aromatic N) is 2. The summed E-state index contributed by atoms with van der Waals surface area (Å²) in [5, 5.41) is 5.03. The Morgan fingerprint density at radius 3 is 2.56 bits per heavy atom. The van der Waals surface area contributed by atoms with Gasteiger partial charge in [-0.2, -0.15) is 4.31 Å². The van der Waals surface area contributed by atoms with Crippen molar-refractivity contribution in [3.63, 3.8) is 0 Å². The van der Waals surface area contributed by atoms with Gasteiger partial charge in [0.25, 0.3) is 0 Å². The molecule has 0 spiro atoms. The quantitative estimate of drug-likeness (QED) is 0.620. The molecule has 2 aromatic carbocycles. The molecule has 3 aromatic rings. The lowest BCUT2D eigenvalue weighted by Crippen LogP contribution is -2.44. The highest BCUT2D eigenvalue weighted by molar-refractivity contribution is 7.89. The fourth-order valence-corrected chi connectivity index (χ4v) is 6.32. The van der Waals surface area contributed by atoms with Crippen LogP contribution in [0.25, 0.3) is 0 Å². The van der Waals surface area contributed by atoms with E-state index < -0.39 is 38.6 Å². The second kappa shape index (κ2) is 8.59. The summed E-state index contributed by atoms with van der Waals surface area (Å²) in [6.45, 7) is 3.02. The van der Waals surface area contributed by atoms with Crippen LogP contribution in [0.4, 0.5) is 8.78 Å². The van der Waals surface area contributed by atoms with E-state index >= 15 is 0 Å². The molecule has 4 rings (SSSR count). The van der Waals surface area contributed by atoms with Crippen LogP contribution in [0.3, 0.4) is 0 Å². The maximum absolute atomic E-state index is 15.0. The van der Waals surface area contributed by atoms with Gasteiger partial charge in [0.1, 0.15) is 16.9 Å². The van der Waals surface area contributed by atoms with Crippen molar-refractivity contribution in [2.24, 2.45) is 0 Å². The molecule has 0 unspecified atom stereocenters. The molecular weight excluding hydrogens is 440 g/mol. The maximum atomic E-state index is 15.0. The Morgan fingerprint density at radius 2 is 1.91 bits per heavy atom. The highest BCUT2D eigenvalue weighted by atomic mass is 32.2. The summed E-state index contributed by atoms with van der Waals surface area (Å²) in [4.78, 5) is 11.2. The molecule has 0 bridgehead atoms. The molecule has 32 heavy (non-hydrogen) atoms. The monoisotopic (exact) mass is 463 g/mol. The minimum absolute atomic E-state index is 0.0433. The van der Waals surface area contributed by atoms with Crippen LogP contribution in [0, 0.1) is 11.6 Å². The topological polar surface area (TPSA) is 96.3 Å². The Balaban J connectivity index is 1.64. The summed E-state index contributed by atoms with van der Waals surface area (Å²) >= 11 is 0. The van der Waals surface area contributed by atoms with Gasteiger partial charge in [0.05, 0.1) is 5.92 Å². The van der Waals surface area contributed by atoms with E-state index in [2.05, 4.69) is 10.2 Å². The van der Waals surface area contributed by atoms with Crippen molar-refractivity contribution in [1.29, 1.82) is 0 Å². The van der Waals surface area contributed by atoms with E-state index in [4.69, 9.17) is 4.42 Å². The Morgan fingerprint density at radius 1 is 1.19 bits per heavy atom. The van der Waals surface area contributed by atoms with Crippen molar-refractivity contribution >= 4 is 10.0 Å². The minimum Gasteiger partial charge on any atom is -0.392 e. The number of benzene rings is 2. The van der Waals surface area contributed by atoms with Gasteiger partial charge in [0.2, 0.25) is 15.9 Å². The van der Waals surface area contributed by atoms with Crippen LogP contribution >= 0.6 is 0 Å². The molecule has 0 aliphatic carbocycles. The molecule has 170 valence electrons. The van der Waals surface area contributed by atoms with E-state index in [9.17, 15) is 22.0 Å². The fraction of sp³-hybridized carbons (Fsp3) is 0.364. The molecule has 10 heteroatoms. The molecular formula is C22H23F2N3O4S. The van der Waals surface area contributed by atoms with E-state index in [1.54, 1.807) is 31.2 Å². The standard InChI is InChI=1S/C22H23F2N3O4S/c1-13-8-9-20(15-6-4-3-5-7-15)32(29,30)27(13)12-16-10-19(24)17(11-18(16)23)14(2)21-25-26-22(28)31-21/h3-7,10-11,13-14,20H,8-9,12H2,1-2H3,(H,26,28)/t13-,14-,20+/m0/s1. The number of rotatable bonds is 5. The Bertz CT molecular complexity index is 1270. The molecule has 1 aromatic heterocycles. The fourth-order valence-electron chi connectivity index (χ4n) is 4.14. The average molecular weight is 464 g/mol. The highest BCUT2D eigenvalue weighted by Crippen LogP contribution is 2.38. The van der Waals surface area contributed by atoms with Crippen molar-refractivity contribution in [3.8, 4) is 0 Å². The van der Waals surface area contributed by atoms with Gasteiger partial charge < -0.3 is 4.42 Å². The third-order valence-electron chi connectivity index (χ3n) is 5.98. The Hall–Kier alpha value is -2.85. The van der Waals surface area contributed by atoms with Crippen molar-refractivity contribution in [3.05, 3.63) is 87.2 Å². The highest BCUT2D eigenvalue weighted by Gasteiger charge is 2.40. The zero-order valence-electron chi connectivity index (χ0n) is 17.6. The van der Waals surface area contributed by atoms with Crippen LogP contribution in [0.5, 0.6) is 0 Å². The molecule has 1 aliphatic rings. The second-order valence-corrected chi connectivity index (χ2v) is 10.1. The van der Waals surface area contributed by atoms with Crippen LogP contribution in [0.1, 0.15) is 60.4 Å². The second-order valence-electron chi connectivity index (χ2n) is 8.05.